The number of hydrazine groups is 1. The molecule has 2 amide bonds. The Hall–Kier alpha value is -2.70. The molecule has 5 aliphatic heterocycles. The number of piperidine rings is 2. The number of carbonyl (C=O) groups excluding carboxylic acids is 2. The Morgan fingerprint density at radius 3 is 2.43 bits per heavy atom. The van der Waals surface area contributed by atoms with Crippen molar-refractivity contribution >= 4 is 17.7 Å². The van der Waals surface area contributed by atoms with Gasteiger partial charge in [-0.05, 0) is 127 Å². The number of nitrogens with one attached hydrogen (secondary N) is 4. The average molecular weight is 678 g/mol. The fourth-order valence-electron chi connectivity index (χ4n) is 9.31. The normalized spacial score (nSPS) is 34.9. The molecular weight excluding hydrogens is 618 g/mol. The van der Waals surface area contributed by atoms with E-state index in [1.165, 1.54) is 31.2 Å². The van der Waals surface area contributed by atoms with Gasteiger partial charge in [-0.1, -0.05) is 24.3 Å². The number of allylic oxidation sites excluding steroid dienone is 1. The fourth-order valence-corrected chi connectivity index (χ4v) is 9.31. The van der Waals surface area contributed by atoms with Crippen LogP contribution in [-0.2, 0) is 9.53 Å². The number of likely N-dealkylation sites (tertiary alicyclic amines) is 1. The van der Waals surface area contributed by atoms with Crippen LogP contribution in [0.2, 0.25) is 0 Å². The van der Waals surface area contributed by atoms with Gasteiger partial charge in [0.05, 0.1) is 30.4 Å². The van der Waals surface area contributed by atoms with Crippen molar-refractivity contribution in [1.82, 2.24) is 30.9 Å². The maximum absolute atomic E-state index is 13.7. The molecule has 1 aliphatic carbocycles. The first-order valence-corrected chi connectivity index (χ1v) is 19.0. The predicted molar refractivity (Wildman–Crippen MR) is 190 cm³/mol. The Kier molecular flexibility index (Phi) is 9.77. The van der Waals surface area contributed by atoms with Gasteiger partial charge in [-0.15, -0.1) is 0 Å². The minimum Gasteiger partial charge on any atom is -0.444 e. The Morgan fingerprint density at radius 1 is 0.980 bits per heavy atom. The van der Waals surface area contributed by atoms with Crippen LogP contribution in [0.25, 0.3) is 0 Å². The van der Waals surface area contributed by atoms with Crippen molar-refractivity contribution in [1.29, 1.82) is 0 Å². The molecule has 49 heavy (non-hydrogen) atoms. The van der Waals surface area contributed by atoms with E-state index in [0.29, 0.717) is 30.8 Å². The van der Waals surface area contributed by atoms with Crippen LogP contribution in [0, 0.1) is 11.3 Å². The summed E-state index contributed by atoms with van der Waals surface area (Å²) in [5, 5.41) is 30.1. The van der Waals surface area contributed by atoms with Gasteiger partial charge in [0.15, 0.2) is 0 Å². The minimum atomic E-state index is -0.792. The summed E-state index contributed by atoms with van der Waals surface area (Å²) in [7, 11) is 0. The van der Waals surface area contributed by atoms with E-state index in [-0.39, 0.29) is 42.6 Å². The first kappa shape index (κ1) is 34.7. The molecule has 5 heterocycles. The van der Waals surface area contributed by atoms with Crippen LogP contribution < -0.4 is 21.3 Å². The van der Waals surface area contributed by atoms with E-state index < -0.39 is 11.2 Å². The van der Waals surface area contributed by atoms with Crippen molar-refractivity contribution in [2.24, 2.45) is 11.3 Å². The van der Waals surface area contributed by atoms with E-state index in [9.17, 15) is 14.7 Å². The number of anilines is 1. The molecule has 1 saturated carbocycles. The summed E-state index contributed by atoms with van der Waals surface area (Å²) in [5.41, 5.74) is 1.56. The van der Waals surface area contributed by atoms with Crippen LogP contribution in [-0.4, -0.2) is 94.1 Å². The molecule has 11 heteroatoms. The minimum absolute atomic E-state index is 0.00482. The number of benzene rings is 1. The van der Waals surface area contributed by atoms with E-state index in [2.05, 4.69) is 62.7 Å². The number of aliphatic hydroxyl groups is 1. The molecule has 270 valence electrons. The van der Waals surface area contributed by atoms with Crippen LogP contribution in [0.4, 0.5) is 10.5 Å². The zero-order valence-electron chi connectivity index (χ0n) is 30.0. The smallest absolute Gasteiger partial charge is 0.410 e. The predicted octanol–water partition coefficient (Wildman–Crippen LogP) is 4.82. The third kappa shape index (κ3) is 7.52. The third-order valence-electron chi connectivity index (χ3n) is 12.3. The van der Waals surface area contributed by atoms with Crippen molar-refractivity contribution in [3.05, 3.63) is 42.0 Å². The molecule has 0 aromatic heterocycles. The largest absolute Gasteiger partial charge is 0.444 e. The van der Waals surface area contributed by atoms with E-state index in [4.69, 9.17) is 4.74 Å². The highest BCUT2D eigenvalue weighted by atomic mass is 16.6. The molecule has 1 spiro atoms. The van der Waals surface area contributed by atoms with Gasteiger partial charge in [0.1, 0.15) is 11.9 Å². The zero-order chi connectivity index (χ0) is 34.4. The molecule has 5 fully saturated rings. The molecule has 2 bridgehead atoms. The first-order chi connectivity index (χ1) is 23.4. The number of hydrogen-bond donors (Lipinski definition) is 5. The average Bonchev–Trinajstić information content (AvgIpc) is 3.34. The SMILES string of the molecule is CC(C)(C)OC(=O)N1CCC2(CCC(c3ccc(NC4NCC5C(=O)N6C/C=C\CC[C@@](C)(O)C7CCCC(N7)N6C5N4)cc3)CC2)CC1. The topological polar surface area (TPSA) is 121 Å². The van der Waals surface area contributed by atoms with Crippen molar-refractivity contribution in [3.8, 4) is 0 Å². The second kappa shape index (κ2) is 13.8. The molecule has 1 aromatic rings. The van der Waals surface area contributed by atoms with Crippen molar-refractivity contribution < 1.29 is 19.4 Å². The van der Waals surface area contributed by atoms with Crippen molar-refractivity contribution in [3.63, 3.8) is 0 Å². The van der Waals surface area contributed by atoms with Crippen LogP contribution in [0.1, 0.15) is 110 Å². The molecule has 5 unspecified atom stereocenters. The van der Waals surface area contributed by atoms with Gasteiger partial charge >= 0.3 is 6.09 Å². The summed E-state index contributed by atoms with van der Waals surface area (Å²) in [5.74, 6) is 0.533. The summed E-state index contributed by atoms with van der Waals surface area (Å²) < 4.78 is 5.61. The van der Waals surface area contributed by atoms with Gasteiger partial charge < -0.3 is 20.1 Å². The Bertz CT molecular complexity index is 1360. The maximum Gasteiger partial charge on any atom is 0.410 e. The van der Waals surface area contributed by atoms with Gasteiger partial charge in [0.25, 0.3) is 0 Å². The molecule has 0 radical (unpaired) electrons. The second-order valence-electron chi connectivity index (χ2n) is 16.9. The number of carbonyl (C=O) groups is 2. The monoisotopic (exact) mass is 677 g/mol. The Balaban J connectivity index is 0.944. The number of rotatable bonds is 3. The zero-order valence-corrected chi connectivity index (χ0v) is 30.0. The summed E-state index contributed by atoms with van der Waals surface area (Å²) in [6, 6.07) is 8.93. The van der Waals surface area contributed by atoms with Gasteiger partial charge in [0, 0.05) is 31.4 Å². The van der Waals surface area contributed by atoms with E-state index >= 15 is 0 Å². The highest BCUT2D eigenvalue weighted by Crippen LogP contribution is 2.49. The van der Waals surface area contributed by atoms with Crippen LogP contribution >= 0.6 is 0 Å². The van der Waals surface area contributed by atoms with Gasteiger partial charge in [-0.2, -0.15) is 5.01 Å². The molecule has 5 N–H and O–H groups in total. The molecule has 6 aliphatic rings. The second-order valence-corrected chi connectivity index (χ2v) is 16.9. The molecule has 7 rings (SSSR count). The molecule has 1 aromatic carbocycles. The van der Waals surface area contributed by atoms with Gasteiger partial charge in [-0.3, -0.25) is 25.8 Å². The maximum atomic E-state index is 13.7. The molecule has 6 atom stereocenters. The Labute approximate surface area is 292 Å². The van der Waals surface area contributed by atoms with Crippen molar-refractivity contribution in [2.45, 2.75) is 140 Å². The summed E-state index contributed by atoms with van der Waals surface area (Å²) in [6.07, 6.45) is 15.0. The van der Waals surface area contributed by atoms with E-state index in [1.807, 2.05) is 37.6 Å². The Morgan fingerprint density at radius 2 is 1.71 bits per heavy atom. The van der Waals surface area contributed by atoms with Gasteiger partial charge in [0.2, 0.25) is 5.91 Å². The van der Waals surface area contributed by atoms with Crippen LogP contribution in [0.5, 0.6) is 0 Å². The van der Waals surface area contributed by atoms with E-state index in [1.54, 1.807) is 0 Å². The summed E-state index contributed by atoms with van der Waals surface area (Å²) in [6.45, 7) is 10.5. The number of ether oxygens (including phenoxy) is 1. The lowest BCUT2D eigenvalue weighted by Gasteiger charge is -2.47. The van der Waals surface area contributed by atoms with E-state index in [0.717, 1.165) is 57.3 Å². The lowest BCUT2D eigenvalue weighted by atomic mass is 9.64. The molecule has 11 nitrogen and oxygen atoms in total. The van der Waals surface area contributed by atoms with Crippen molar-refractivity contribution in [2.75, 3.05) is 31.5 Å². The lowest BCUT2D eigenvalue weighted by molar-refractivity contribution is -0.146. The number of amides is 2. The first-order valence-electron chi connectivity index (χ1n) is 19.0. The van der Waals surface area contributed by atoms with Crippen LogP contribution in [0.15, 0.2) is 36.4 Å². The number of nitrogens with zero attached hydrogens (tertiary/aromatic N) is 3. The van der Waals surface area contributed by atoms with Gasteiger partial charge in [-0.25, -0.2) is 4.79 Å². The highest BCUT2D eigenvalue weighted by molar-refractivity contribution is 5.82. The standard InChI is InChI=1S/C38H59N7O4/c1-36(2,3)49-35(47)43-23-20-38(21-24-43)18-15-27(16-19-38)26-11-13-28(14-12-26)40-34-39-25-29-32(42-34)45-31-10-8-9-30(41-31)37(4,48)17-6-5-7-22-44(45)33(29)46/h5,7,11-14,27,29-32,34,39-42,48H,6,8-10,15-25H2,1-4H3/b7-5-/t29?,30?,31?,32?,34?,37-/m1/s1. The summed E-state index contributed by atoms with van der Waals surface area (Å²) in [4.78, 5) is 28.2. The summed E-state index contributed by atoms with van der Waals surface area (Å²) >= 11 is 0. The highest BCUT2D eigenvalue weighted by Gasteiger charge is 2.53. The number of fused-ring (bicyclic) bond motifs is 6. The lowest BCUT2D eigenvalue weighted by Crippen LogP contribution is -2.69. The molecule has 4 saturated heterocycles. The van der Waals surface area contributed by atoms with Crippen LogP contribution in [0.3, 0.4) is 0 Å². The quantitative estimate of drug-likeness (QED) is 0.287. The number of hydrogen-bond acceptors (Lipinski definition) is 9. The third-order valence-corrected chi connectivity index (χ3v) is 12.3. The molecular formula is C38H59N7O4. The fraction of sp³-hybridized carbons (Fsp3) is 0.737.